The molecule has 3 aliphatic rings. The van der Waals surface area contributed by atoms with Crippen LogP contribution in [-0.2, 0) is 14.3 Å². The number of alkyl halides is 3. The Morgan fingerprint density at radius 1 is 1.02 bits per heavy atom. The highest BCUT2D eigenvalue weighted by molar-refractivity contribution is 6.01. The number of nitrogens with one attached hydrogen (secondary N) is 2. The van der Waals surface area contributed by atoms with E-state index in [4.69, 9.17) is 14.5 Å². The van der Waals surface area contributed by atoms with Gasteiger partial charge in [0, 0.05) is 44.8 Å². The number of amides is 4. The van der Waals surface area contributed by atoms with E-state index in [1.807, 2.05) is 31.2 Å². The summed E-state index contributed by atoms with van der Waals surface area (Å²) in [5, 5.41) is 5.52. The molecule has 1 aromatic heterocycles. The molecule has 1 aromatic carbocycles. The van der Waals surface area contributed by atoms with Crippen LogP contribution in [0.1, 0.15) is 45.6 Å². The number of aromatic nitrogens is 1. The Morgan fingerprint density at radius 3 is 2.43 bits per heavy atom. The fraction of sp³-hybridized carbons (Fsp3) is 0.562. The first kappa shape index (κ1) is 33.3. The number of carbonyl (C=O) groups is 3. The third-order valence-corrected chi connectivity index (χ3v) is 8.20. The van der Waals surface area contributed by atoms with Gasteiger partial charge in [0.05, 0.1) is 13.2 Å². The third kappa shape index (κ3) is 8.39. The molecule has 0 aliphatic carbocycles. The van der Waals surface area contributed by atoms with E-state index >= 15 is 0 Å². The van der Waals surface area contributed by atoms with Gasteiger partial charge < -0.3 is 29.9 Å². The molecule has 14 heteroatoms. The van der Waals surface area contributed by atoms with Crippen molar-refractivity contribution in [3.05, 3.63) is 35.9 Å². The molecule has 11 nitrogen and oxygen atoms in total. The van der Waals surface area contributed by atoms with Crippen LogP contribution in [0.3, 0.4) is 0 Å². The van der Waals surface area contributed by atoms with E-state index in [0.29, 0.717) is 63.0 Å². The number of halogens is 3. The molecule has 0 unspecified atom stereocenters. The van der Waals surface area contributed by atoms with Crippen molar-refractivity contribution < 1.29 is 37.0 Å². The minimum absolute atomic E-state index is 0.0499. The number of rotatable bonds is 6. The van der Waals surface area contributed by atoms with Crippen LogP contribution >= 0.6 is 0 Å². The standard InChI is InChI=1S/C32H41F3N6O5/c1-20-5-6-23(36-29(43)40-9-7-21(19-40)18-32(33,34)35)17-24(20)22-15-26(39-11-13-45-14-12-39)38-27(16-22)41-10-8-25(28(41)42)37-30(44)46-31(2,3)4/h5-6,15-17,21,25H,7-14,18-19H2,1-4H3,(H,36,43)(H,37,44)/t21-,25-/m0/s1. The summed E-state index contributed by atoms with van der Waals surface area (Å²) in [7, 11) is 0. The molecule has 0 saturated carbocycles. The van der Waals surface area contributed by atoms with Crippen molar-refractivity contribution in [3.63, 3.8) is 0 Å². The number of urea groups is 1. The van der Waals surface area contributed by atoms with Crippen molar-refractivity contribution in [2.24, 2.45) is 5.92 Å². The quantitative estimate of drug-likeness (QED) is 0.436. The van der Waals surface area contributed by atoms with E-state index in [2.05, 4.69) is 15.5 Å². The minimum atomic E-state index is -4.26. The van der Waals surface area contributed by atoms with Crippen molar-refractivity contribution in [1.82, 2.24) is 15.2 Å². The maximum atomic E-state index is 13.5. The largest absolute Gasteiger partial charge is 0.444 e. The maximum absolute atomic E-state index is 13.5. The van der Waals surface area contributed by atoms with Gasteiger partial charge in [-0.2, -0.15) is 13.2 Å². The Morgan fingerprint density at radius 2 is 1.74 bits per heavy atom. The van der Waals surface area contributed by atoms with Crippen LogP contribution in [0.25, 0.3) is 11.1 Å². The molecule has 2 atom stereocenters. The summed E-state index contributed by atoms with van der Waals surface area (Å²) >= 11 is 0. The van der Waals surface area contributed by atoms with Crippen LogP contribution in [0.15, 0.2) is 30.3 Å². The Balaban J connectivity index is 1.38. The molecular formula is C32H41F3N6O5. The second kappa shape index (κ2) is 13.3. The number of likely N-dealkylation sites (tertiary alicyclic amines) is 1. The predicted octanol–water partition coefficient (Wildman–Crippen LogP) is 5.33. The number of morpholine rings is 1. The highest BCUT2D eigenvalue weighted by atomic mass is 19.4. The smallest absolute Gasteiger partial charge is 0.408 e. The first-order valence-corrected chi connectivity index (χ1v) is 15.5. The van der Waals surface area contributed by atoms with Gasteiger partial charge >= 0.3 is 18.3 Å². The van der Waals surface area contributed by atoms with Crippen LogP contribution in [0.4, 0.5) is 40.1 Å². The third-order valence-electron chi connectivity index (χ3n) is 8.20. The summed E-state index contributed by atoms with van der Waals surface area (Å²) < 4.78 is 49.5. The van der Waals surface area contributed by atoms with Crippen LogP contribution in [-0.4, -0.2) is 91.7 Å². The summed E-state index contributed by atoms with van der Waals surface area (Å²) in [6.07, 6.45) is -5.14. The zero-order chi connectivity index (χ0) is 33.2. The number of benzene rings is 1. The van der Waals surface area contributed by atoms with Gasteiger partial charge in [-0.25, -0.2) is 14.6 Å². The fourth-order valence-electron chi connectivity index (χ4n) is 5.97. The monoisotopic (exact) mass is 646 g/mol. The summed E-state index contributed by atoms with van der Waals surface area (Å²) in [5.41, 5.74) is 2.26. The zero-order valence-electron chi connectivity index (χ0n) is 26.6. The van der Waals surface area contributed by atoms with E-state index in [1.165, 1.54) is 4.90 Å². The number of ether oxygens (including phenoxy) is 2. The molecule has 4 heterocycles. The zero-order valence-corrected chi connectivity index (χ0v) is 26.6. The topological polar surface area (TPSA) is 116 Å². The van der Waals surface area contributed by atoms with Crippen molar-refractivity contribution in [3.8, 4) is 11.1 Å². The molecule has 5 rings (SSSR count). The first-order chi connectivity index (χ1) is 21.6. The fourth-order valence-corrected chi connectivity index (χ4v) is 5.97. The number of alkyl carbamates (subject to hydrolysis) is 1. The Kier molecular flexibility index (Phi) is 9.66. The van der Waals surface area contributed by atoms with Crippen molar-refractivity contribution in [1.29, 1.82) is 0 Å². The summed E-state index contributed by atoms with van der Waals surface area (Å²) in [6.45, 7) is 10.1. The molecular weight excluding hydrogens is 605 g/mol. The molecule has 250 valence electrons. The van der Waals surface area contributed by atoms with Gasteiger partial charge in [-0.05, 0) is 87.4 Å². The molecule has 3 aliphatic heterocycles. The first-order valence-electron chi connectivity index (χ1n) is 15.5. The van der Waals surface area contributed by atoms with E-state index < -0.39 is 42.3 Å². The Labute approximate surface area is 266 Å². The van der Waals surface area contributed by atoms with E-state index in [-0.39, 0.29) is 19.0 Å². The van der Waals surface area contributed by atoms with Crippen molar-refractivity contribution in [2.75, 3.05) is 61.1 Å². The molecule has 0 radical (unpaired) electrons. The van der Waals surface area contributed by atoms with Gasteiger partial charge in [-0.3, -0.25) is 9.69 Å². The molecule has 46 heavy (non-hydrogen) atoms. The lowest BCUT2D eigenvalue weighted by Gasteiger charge is -2.29. The molecule has 4 amide bonds. The normalized spacial score (nSPS) is 20.7. The van der Waals surface area contributed by atoms with Crippen LogP contribution in [0, 0.1) is 12.8 Å². The number of aryl methyl sites for hydroxylation is 1. The van der Waals surface area contributed by atoms with Crippen LogP contribution in [0.5, 0.6) is 0 Å². The van der Waals surface area contributed by atoms with Gasteiger partial charge in [0.15, 0.2) is 0 Å². The highest BCUT2D eigenvalue weighted by Gasteiger charge is 2.37. The van der Waals surface area contributed by atoms with Crippen LogP contribution in [0.2, 0.25) is 0 Å². The molecule has 2 N–H and O–H groups in total. The van der Waals surface area contributed by atoms with Gasteiger partial charge in [0.25, 0.3) is 5.91 Å². The second-order valence-corrected chi connectivity index (χ2v) is 13.0. The van der Waals surface area contributed by atoms with E-state index in [9.17, 15) is 27.6 Å². The highest BCUT2D eigenvalue weighted by Crippen LogP contribution is 2.35. The predicted molar refractivity (Wildman–Crippen MR) is 167 cm³/mol. The number of anilines is 3. The Bertz CT molecular complexity index is 1460. The SMILES string of the molecule is Cc1ccc(NC(=O)N2CC[C@@H](CC(F)(F)F)C2)cc1-c1cc(N2CCOCC2)nc(N2CC[C@H](NC(=O)OC(C)(C)C)C2=O)c1. The van der Waals surface area contributed by atoms with Crippen molar-refractivity contribution in [2.45, 2.75) is 64.8 Å². The summed E-state index contributed by atoms with van der Waals surface area (Å²) in [5.74, 6) is 0.184. The number of hydrogen-bond donors (Lipinski definition) is 2. The lowest BCUT2D eigenvalue weighted by molar-refractivity contribution is -0.143. The number of hydrogen-bond acceptors (Lipinski definition) is 7. The Hall–Kier alpha value is -4.07. The van der Waals surface area contributed by atoms with E-state index in [0.717, 1.165) is 16.7 Å². The maximum Gasteiger partial charge on any atom is 0.408 e. The van der Waals surface area contributed by atoms with Gasteiger partial charge in [0.2, 0.25) is 0 Å². The summed E-state index contributed by atoms with van der Waals surface area (Å²) in [6, 6.07) is 7.97. The molecule has 0 bridgehead atoms. The van der Waals surface area contributed by atoms with E-state index in [1.54, 1.807) is 31.7 Å². The average Bonchev–Trinajstić information content (AvgIpc) is 3.58. The van der Waals surface area contributed by atoms with Gasteiger partial charge in [-0.15, -0.1) is 0 Å². The average molecular weight is 647 g/mol. The lowest BCUT2D eigenvalue weighted by Crippen LogP contribution is -2.44. The molecule has 0 spiro atoms. The molecule has 3 fully saturated rings. The molecule has 2 aromatic rings. The number of carbonyl (C=O) groups excluding carboxylic acids is 3. The number of pyridine rings is 1. The summed E-state index contributed by atoms with van der Waals surface area (Å²) in [4.78, 5) is 48.8. The molecule has 3 saturated heterocycles. The van der Waals surface area contributed by atoms with Gasteiger partial charge in [-0.1, -0.05) is 6.07 Å². The van der Waals surface area contributed by atoms with Crippen LogP contribution < -0.4 is 20.4 Å². The van der Waals surface area contributed by atoms with Crippen molar-refractivity contribution >= 4 is 35.4 Å². The second-order valence-electron chi connectivity index (χ2n) is 13.0. The van der Waals surface area contributed by atoms with Gasteiger partial charge in [0.1, 0.15) is 23.3 Å². The number of nitrogens with zero attached hydrogens (tertiary/aromatic N) is 4. The lowest BCUT2D eigenvalue weighted by atomic mass is 10.00. The minimum Gasteiger partial charge on any atom is -0.444 e.